The van der Waals surface area contributed by atoms with Gasteiger partial charge in [0.25, 0.3) is 0 Å². The Labute approximate surface area is 84.5 Å². The number of ether oxygens (including phenoxy) is 1. The highest BCUT2D eigenvalue weighted by atomic mass is 16.5. The third kappa shape index (κ3) is 1.90. The van der Waals surface area contributed by atoms with E-state index in [0.29, 0.717) is 12.5 Å². The normalized spacial score (nSPS) is 19.9. The van der Waals surface area contributed by atoms with E-state index in [0.717, 1.165) is 31.6 Å². The van der Waals surface area contributed by atoms with Gasteiger partial charge in [-0.15, -0.1) is 0 Å². The van der Waals surface area contributed by atoms with Crippen LogP contribution in [-0.4, -0.2) is 18.3 Å². The van der Waals surface area contributed by atoms with Gasteiger partial charge in [-0.25, -0.2) is 0 Å². The number of aliphatic hydroxyl groups is 1. The quantitative estimate of drug-likeness (QED) is 0.796. The summed E-state index contributed by atoms with van der Waals surface area (Å²) in [7, 11) is 0. The standard InChI is InChI=1S/C12H16O2/c13-8-3-4-10-7-9-14-12-6-2-1-5-11(10)12/h1-2,5-6,10,13H,3-4,7-9H2. The van der Waals surface area contributed by atoms with Crippen LogP contribution in [-0.2, 0) is 0 Å². The second-order valence-electron chi connectivity index (χ2n) is 3.74. The SMILES string of the molecule is OCCCC1CCOc2ccccc21. The largest absolute Gasteiger partial charge is 0.493 e. The molecule has 0 amide bonds. The van der Waals surface area contributed by atoms with Gasteiger partial charge in [-0.2, -0.15) is 0 Å². The van der Waals surface area contributed by atoms with Gasteiger partial charge in [-0.05, 0) is 36.8 Å². The molecule has 1 aliphatic heterocycles. The maximum Gasteiger partial charge on any atom is 0.122 e. The van der Waals surface area contributed by atoms with Gasteiger partial charge >= 0.3 is 0 Å². The molecule has 2 nitrogen and oxygen atoms in total. The summed E-state index contributed by atoms with van der Waals surface area (Å²) in [6.07, 6.45) is 3.03. The summed E-state index contributed by atoms with van der Waals surface area (Å²) in [6, 6.07) is 8.23. The van der Waals surface area contributed by atoms with Crippen LogP contribution in [0.4, 0.5) is 0 Å². The van der Waals surface area contributed by atoms with Crippen LogP contribution in [0.5, 0.6) is 5.75 Å². The molecular formula is C12H16O2. The average molecular weight is 192 g/mol. The highest BCUT2D eigenvalue weighted by Crippen LogP contribution is 2.35. The molecule has 1 N–H and O–H groups in total. The van der Waals surface area contributed by atoms with Crippen LogP contribution in [0.15, 0.2) is 24.3 Å². The molecule has 2 rings (SSSR count). The Balaban J connectivity index is 2.14. The zero-order valence-electron chi connectivity index (χ0n) is 8.28. The van der Waals surface area contributed by atoms with E-state index in [-0.39, 0.29) is 0 Å². The van der Waals surface area contributed by atoms with Gasteiger partial charge in [0.05, 0.1) is 6.61 Å². The molecule has 0 radical (unpaired) electrons. The van der Waals surface area contributed by atoms with Gasteiger partial charge in [0.15, 0.2) is 0 Å². The van der Waals surface area contributed by atoms with Crippen molar-refractivity contribution in [2.24, 2.45) is 0 Å². The molecular weight excluding hydrogens is 176 g/mol. The second kappa shape index (κ2) is 4.47. The Bertz CT molecular complexity index is 296. The van der Waals surface area contributed by atoms with Crippen molar-refractivity contribution in [1.82, 2.24) is 0 Å². The number of rotatable bonds is 3. The summed E-state index contributed by atoms with van der Waals surface area (Å²) >= 11 is 0. The summed E-state index contributed by atoms with van der Waals surface area (Å²) in [4.78, 5) is 0. The first-order valence-electron chi connectivity index (χ1n) is 5.24. The van der Waals surface area contributed by atoms with Crippen molar-refractivity contribution in [2.75, 3.05) is 13.2 Å². The Hall–Kier alpha value is -1.02. The lowest BCUT2D eigenvalue weighted by Gasteiger charge is -2.25. The molecule has 1 atom stereocenters. The van der Waals surface area contributed by atoms with Crippen LogP contribution < -0.4 is 4.74 Å². The van der Waals surface area contributed by atoms with Crippen LogP contribution in [0.1, 0.15) is 30.7 Å². The Morgan fingerprint density at radius 2 is 2.21 bits per heavy atom. The lowest BCUT2D eigenvalue weighted by atomic mass is 9.89. The number of aliphatic hydroxyl groups excluding tert-OH is 1. The minimum atomic E-state index is 0.291. The van der Waals surface area contributed by atoms with E-state index in [9.17, 15) is 0 Å². The molecule has 14 heavy (non-hydrogen) atoms. The van der Waals surface area contributed by atoms with Gasteiger partial charge in [-0.1, -0.05) is 18.2 Å². The van der Waals surface area contributed by atoms with Crippen LogP contribution in [0.3, 0.4) is 0 Å². The van der Waals surface area contributed by atoms with E-state index in [1.165, 1.54) is 5.56 Å². The highest BCUT2D eigenvalue weighted by molar-refractivity contribution is 5.37. The van der Waals surface area contributed by atoms with Crippen LogP contribution >= 0.6 is 0 Å². The minimum absolute atomic E-state index is 0.291. The number of fused-ring (bicyclic) bond motifs is 1. The van der Waals surface area contributed by atoms with Crippen molar-refractivity contribution in [2.45, 2.75) is 25.2 Å². The van der Waals surface area contributed by atoms with Crippen molar-refractivity contribution in [1.29, 1.82) is 0 Å². The predicted molar refractivity (Wildman–Crippen MR) is 55.6 cm³/mol. The van der Waals surface area contributed by atoms with Crippen molar-refractivity contribution in [3.8, 4) is 5.75 Å². The second-order valence-corrected chi connectivity index (χ2v) is 3.74. The Morgan fingerprint density at radius 3 is 3.07 bits per heavy atom. The van der Waals surface area contributed by atoms with E-state index in [2.05, 4.69) is 12.1 Å². The summed E-state index contributed by atoms with van der Waals surface area (Å²) in [5.41, 5.74) is 1.31. The fourth-order valence-electron chi connectivity index (χ4n) is 2.05. The van der Waals surface area contributed by atoms with E-state index < -0.39 is 0 Å². The summed E-state index contributed by atoms with van der Waals surface area (Å²) in [5, 5.41) is 8.81. The monoisotopic (exact) mass is 192 g/mol. The molecule has 0 fully saturated rings. The highest BCUT2D eigenvalue weighted by Gasteiger charge is 2.19. The number of hydrogen-bond acceptors (Lipinski definition) is 2. The fraction of sp³-hybridized carbons (Fsp3) is 0.500. The molecule has 76 valence electrons. The van der Waals surface area contributed by atoms with E-state index in [4.69, 9.17) is 9.84 Å². The maximum atomic E-state index is 8.81. The predicted octanol–water partition coefficient (Wildman–Crippen LogP) is 2.33. The van der Waals surface area contributed by atoms with Gasteiger partial charge in [-0.3, -0.25) is 0 Å². The average Bonchev–Trinajstić information content (AvgIpc) is 2.26. The smallest absolute Gasteiger partial charge is 0.122 e. The van der Waals surface area contributed by atoms with Gasteiger partial charge in [0.1, 0.15) is 5.75 Å². The van der Waals surface area contributed by atoms with Crippen LogP contribution in [0.2, 0.25) is 0 Å². The number of para-hydroxylation sites is 1. The number of hydrogen-bond donors (Lipinski definition) is 1. The Kier molecular flexibility index (Phi) is 3.04. The molecule has 1 aromatic rings. The molecule has 2 heteroatoms. The molecule has 1 unspecified atom stereocenters. The molecule has 0 aromatic heterocycles. The molecule has 0 spiro atoms. The number of benzene rings is 1. The molecule has 1 aliphatic rings. The lowest BCUT2D eigenvalue weighted by Crippen LogP contribution is -2.14. The zero-order chi connectivity index (χ0) is 9.80. The third-order valence-electron chi connectivity index (χ3n) is 2.79. The van der Waals surface area contributed by atoms with Crippen molar-refractivity contribution in [3.63, 3.8) is 0 Å². The van der Waals surface area contributed by atoms with Crippen molar-refractivity contribution >= 4 is 0 Å². The molecule has 1 aromatic carbocycles. The van der Waals surface area contributed by atoms with Gasteiger partial charge in [0.2, 0.25) is 0 Å². The van der Waals surface area contributed by atoms with E-state index in [1.54, 1.807) is 0 Å². The molecule has 1 heterocycles. The molecule has 0 saturated heterocycles. The third-order valence-corrected chi connectivity index (χ3v) is 2.79. The van der Waals surface area contributed by atoms with Crippen LogP contribution in [0, 0.1) is 0 Å². The Morgan fingerprint density at radius 1 is 1.36 bits per heavy atom. The zero-order valence-corrected chi connectivity index (χ0v) is 8.28. The van der Waals surface area contributed by atoms with Crippen molar-refractivity contribution in [3.05, 3.63) is 29.8 Å². The summed E-state index contributed by atoms with van der Waals surface area (Å²) < 4.78 is 5.57. The minimum Gasteiger partial charge on any atom is -0.493 e. The summed E-state index contributed by atoms with van der Waals surface area (Å²) in [6.45, 7) is 1.10. The first-order chi connectivity index (χ1) is 6.92. The van der Waals surface area contributed by atoms with E-state index >= 15 is 0 Å². The summed E-state index contributed by atoms with van der Waals surface area (Å²) in [5.74, 6) is 1.61. The van der Waals surface area contributed by atoms with E-state index in [1.807, 2.05) is 12.1 Å². The van der Waals surface area contributed by atoms with Crippen LogP contribution in [0.25, 0.3) is 0 Å². The first-order valence-corrected chi connectivity index (χ1v) is 5.24. The van der Waals surface area contributed by atoms with Gasteiger partial charge < -0.3 is 9.84 Å². The van der Waals surface area contributed by atoms with Gasteiger partial charge in [0, 0.05) is 6.61 Å². The maximum absolute atomic E-state index is 8.81. The lowest BCUT2D eigenvalue weighted by molar-refractivity contribution is 0.244. The fourth-order valence-corrected chi connectivity index (χ4v) is 2.05. The topological polar surface area (TPSA) is 29.5 Å². The molecule has 0 saturated carbocycles. The first kappa shape index (κ1) is 9.53. The molecule has 0 aliphatic carbocycles. The van der Waals surface area contributed by atoms with Crippen molar-refractivity contribution < 1.29 is 9.84 Å². The molecule has 0 bridgehead atoms.